The molecule has 21 heavy (non-hydrogen) atoms. The molecule has 1 aromatic carbocycles. The minimum atomic E-state index is -0.178. The van der Waals surface area contributed by atoms with Gasteiger partial charge in [0.15, 0.2) is 0 Å². The van der Waals surface area contributed by atoms with Gasteiger partial charge in [-0.15, -0.1) is 10.2 Å². The molecule has 4 nitrogen and oxygen atoms in total. The minimum absolute atomic E-state index is 0.146. The summed E-state index contributed by atoms with van der Waals surface area (Å²) in [5.41, 5.74) is 1.01. The van der Waals surface area contributed by atoms with Crippen LogP contribution in [0.1, 0.15) is 43.5 Å². The first-order chi connectivity index (χ1) is 10.1. The highest BCUT2D eigenvalue weighted by atomic mass is 19.1. The Morgan fingerprint density at radius 3 is 3.00 bits per heavy atom. The molecule has 2 aromatic rings. The first-order valence-corrected chi connectivity index (χ1v) is 7.56. The van der Waals surface area contributed by atoms with E-state index in [2.05, 4.69) is 33.9 Å². The molecule has 1 aliphatic heterocycles. The van der Waals surface area contributed by atoms with Crippen molar-refractivity contribution >= 4 is 0 Å². The zero-order chi connectivity index (χ0) is 14.8. The summed E-state index contributed by atoms with van der Waals surface area (Å²) in [7, 11) is 0. The fourth-order valence-corrected chi connectivity index (χ4v) is 3.07. The van der Waals surface area contributed by atoms with Crippen LogP contribution in [-0.2, 0) is 19.4 Å². The molecule has 2 unspecified atom stereocenters. The summed E-state index contributed by atoms with van der Waals surface area (Å²) in [6, 6.07) is 7.18. The minimum Gasteiger partial charge on any atom is -0.314 e. The van der Waals surface area contributed by atoms with E-state index in [4.69, 9.17) is 0 Å². The zero-order valence-corrected chi connectivity index (χ0v) is 12.5. The van der Waals surface area contributed by atoms with Gasteiger partial charge in [-0.05, 0) is 44.4 Å². The highest BCUT2D eigenvalue weighted by molar-refractivity contribution is 5.17. The number of aryl methyl sites for hydroxylation is 1. The molecule has 0 saturated heterocycles. The van der Waals surface area contributed by atoms with Gasteiger partial charge in [-0.25, -0.2) is 4.39 Å². The Labute approximate surface area is 124 Å². The SMILES string of the molecule is CC(Cc1cccc(F)c1)NC(C)c1nnc2n1CCC2. The molecular formula is C16H21FN4. The molecule has 0 radical (unpaired) electrons. The van der Waals surface area contributed by atoms with Gasteiger partial charge >= 0.3 is 0 Å². The van der Waals surface area contributed by atoms with Crippen LogP contribution in [0.5, 0.6) is 0 Å². The van der Waals surface area contributed by atoms with Crippen LogP contribution in [0.4, 0.5) is 4.39 Å². The van der Waals surface area contributed by atoms with Gasteiger partial charge in [-0.1, -0.05) is 12.1 Å². The number of nitrogens with one attached hydrogen (secondary N) is 1. The maximum atomic E-state index is 13.2. The average Bonchev–Trinajstić information content (AvgIpc) is 3.00. The summed E-state index contributed by atoms with van der Waals surface area (Å²) in [6.45, 7) is 5.24. The molecule has 2 atom stereocenters. The van der Waals surface area contributed by atoms with Crippen LogP contribution in [0.25, 0.3) is 0 Å². The molecule has 0 bridgehead atoms. The van der Waals surface area contributed by atoms with Gasteiger partial charge in [0.05, 0.1) is 6.04 Å². The van der Waals surface area contributed by atoms with Gasteiger partial charge in [-0.3, -0.25) is 0 Å². The Balaban J connectivity index is 1.63. The molecule has 0 saturated carbocycles. The van der Waals surface area contributed by atoms with Crippen LogP contribution in [-0.4, -0.2) is 20.8 Å². The predicted molar refractivity (Wildman–Crippen MR) is 79.5 cm³/mol. The lowest BCUT2D eigenvalue weighted by atomic mass is 10.1. The summed E-state index contributed by atoms with van der Waals surface area (Å²) in [6.07, 6.45) is 2.98. The van der Waals surface area contributed by atoms with Crippen LogP contribution >= 0.6 is 0 Å². The molecule has 112 valence electrons. The number of rotatable bonds is 5. The number of hydrogen-bond acceptors (Lipinski definition) is 3. The second-order valence-electron chi connectivity index (χ2n) is 5.85. The Hall–Kier alpha value is -1.75. The Morgan fingerprint density at radius 2 is 2.19 bits per heavy atom. The number of benzene rings is 1. The fourth-order valence-electron chi connectivity index (χ4n) is 3.07. The third-order valence-corrected chi connectivity index (χ3v) is 3.99. The molecule has 0 spiro atoms. The molecule has 1 aliphatic rings. The van der Waals surface area contributed by atoms with Gasteiger partial charge in [0.2, 0.25) is 0 Å². The monoisotopic (exact) mass is 288 g/mol. The molecule has 0 fully saturated rings. The fraction of sp³-hybridized carbons (Fsp3) is 0.500. The summed E-state index contributed by atoms with van der Waals surface area (Å²) in [5, 5.41) is 12.1. The van der Waals surface area contributed by atoms with Crippen LogP contribution in [0, 0.1) is 5.82 Å². The van der Waals surface area contributed by atoms with Gasteiger partial charge < -0.3 is 9.88 Å². The van der Waals surface area contributed by atoms with Crippen LogP contribution < -0.4 is 5.32 Å². The second-order valence-corrected chi connectivity index (χ2v) is 5.85. The number of nitrogens with zero attached hydrogens (tertiary/aromatic N) is 3. The van der Waals surface area contributed by atoms with Crippen LogP contribution in [0.2, 0.25) is 0 Å². The van der Waals surface area contributed by atoms with E-state index in [1.807, 2.05) is 6.07 Å². The first kappa shape index (κ1) is 14.2. The van der Waals surface area contributed by atoms with Crippen LogP contribution in [0.15, 0.2) is 24.3 Å². The Bertz CT molecular complexity index is 622. The summed E-state index contributed by atoms with van der Waals surface area (Å²) < 4.78 is 15.4. The van der Waals surface area contributed by atoms with Crippen molar-refractivity contribution in [2.45, 2.75) is 51.7 Å². The highest BCUT2D eigenvalue weighted by Crippen LogP contribution is 2.19. The van der Waals surface area contributed by atoms with Crippen molar-refractivity contribution in [3.05, 3.63) is 47.3 Å². The maximum absolute atomic E-state index is 13.2. The molecule has 3 rings (SSSR count). The van der Waals surface area contributed by atoms with Gasteiger partial charge in [0, 0.05) is 19.0 Å². The lowest BCUT2D eigenvalue weighted by molar-refractivity contribution is 0.447. The van der Waals surface area contributed by atoms with E-state index >= 15 is 0 Å². The number of fused-ring (bicyclic) bond motifs is 1. The van der Waals surface area contributed by atoms with Gasteiger partial charge in [0.25, 0.3) is 0 Å². The summed E-state index contributed by atoms with van der Waals surface area (Å²) in [5.74, 6) is 1.92. The quantitative estimate of drug-likeness (QED) is 0.919. The van der Waals surface area contributed by atoms with E-state index in [1.54, 1.807) is 12.1 Å². The van der Waals surface area contributed by atoms with E-state index < -0.39 is 0 Å². The molecule has 5 heteroatoms. The smallest absolute Gasteiger partial charge is 0.149 e. The van der Waals surface area contributed by atoms with Crippen molar-refractivity contribution in [1.29, 1.82) is 0 Å². The van der Waals surface area contributed by atoms with Crippen molar-refractivity contribution in [2.75, 3.05) is 0 Å². The van der Waals surface area contributed by atoms with E-state index in [0.717, 1.165) is 43.0 Å². The van der Waals surface area contributed by atoms with Crippen LogP contribution in [0.3, 0.4) is 0 Å². The van der Waals surface area contributed by atoms with Gasteiger partial charge in [0.1, 0.15) is 17.5 Å². The Kier molecular flexibility index (Phi) is 4.01. The number of aromatic nitrogens is 3. The largest absolute Gasteiger partial charge is 0.314 e. The third kappa shape index (κ3) is 3.13. The third-order valence-electron chi connectivity index (χ3n) is 3.99. The first-order valence-electron chi connectivity index (χ1n) is 7.56. The van der Waals surface area contributed by atoms with E-state index in [0.29, 0.717) is 0 Å². The van der Waals surface area contributed by atoms with E-state index in [-0.39, 0.29) is 17.9 Å². The van der Waals surface area contributed by atoms with E-state index in [9.17, 15) is 4.39 Å². The molecule has 1 N–H and O–H groups in total. The predicted octanol–water partition coefficient (Wildman–Crippen LogP) is 2.65. The van der Waals surface area contributed by atoms with E-state index in [1.165, 1.54) is 6.07 Å². The number of halogens is 1. The maximum Gasteiger partial charge on any atom is 0.149 e. The van der Waals surface area contributed by atoms with Crippen molar-refractivity contribution in [3.8, 4) is 0 Å². The molecule has 1 aromatic heterocycles. The Morgan fingerprint density at radius 1 is 1.33 bits per heavy atom. The van der Waals surface area contributed by atoms with Crippen molar-refractivity contribution in [3.63, 3.8) is 0 Å². The molecule has 0 aliphatic carbocycles. The second kappa shape index (κ2) is 5.93. The molecule has 0 amide bonds. The lowest BCUT2D eigenvalue weighted by Gasteiger charge is -2.20. The zero-order valence-electron chi connectivity index (χ0n) is 12.5. The summed E-state index contributed by atoms with van der Waals surface area (Å²) >= 11 is 0. The lowest BCUT2D eigenvalue weighted by Crippen LogP contribution is -2.32. The molecular weight excluding hydrogens is 267 g/mol. The number of hydrogen-bond donors (Lipinski definition) is 1. The van der Waals surface area contributed by atoms with Crippen molar-refractivity contribution in [1.82, 2.24) is 20.1 Å². The topological polar surface area (TPSA) is 42.7 Å². The normalized spacial score (nSPS) is 16.7. The molecule has 2 heterocycles. The van der Waals surface area contributed by atoms with Crippen molar-refractivity contribution < 1.29 is 4.39 Å². The van der Waals surface area contributed by atoms with Gasteiger partial charge in [-0.2, -0.15) is 0 Å². The highest BCUT2D eigenvalue weighted by Gasteiger charge is 2.22. The summed E-state index contributed by atoms with van der Waals surface area (Å²) in [4.78, 5) is 0. The average molecular weight is 288 g/mol. The van der Waals surface area contributed by atoms with Crippen molar-refractivity contribution in [2.24, 2.45) is 0 Å². The standard InChI is InChI=1S/C16H21FN4/c1-11(9-13-5-3-6-14(17)10-13)18-12(2)16-20-19-15-7-4-8-21(15)16/h3,5-6,10-12,18H,4,7-9H2,1-2H3.